The Morgan fingerprint density at radius 1 is 1.59 bits per heavy atom. The molecule has 7 heteroatoms. The van der Waals surface area contributed by atoms with E-state index in [-0.39, 0.29) is 24.4 Å². The minimum atomic E-state index is -0.0258. The van der Waals surface area contributed by atoms with Gasteiger partial charge in [0.25, 0.3) is 5.91 Å². The van der Waals surface area contributed by atoms with Gasteiger partial charge in [-0.2, -0.15) is 0 Å². The molecule has 1 aromatic rings. The zero-order valence-corrected chi connectivity index (χ0v) is 12.3. The summed E-state index contributed by atoms with van der Waals surface area (Å²) in [6, 6.07) is 1.84. The first-order chi connectivity index (χ1) is 7.59. The Hall–Kier alpha value is -0.000000000000000222. The minimum absolute atomic E-state index is 0. The molecule has 1 saturated heterocycles. The molecule has 0 bridgehead atoms. The van der Waals surface area contributed by atoms with Crippen molar-refractivity contribution in [2.75, 3.05) is 19.6 Å². The first kappa shape index (κ1) is 15.1. The van der Waals surface area contributed by atoms with Crippen molar-refractivity contribution in [2.24, 2.45) is 0 Å². The number of thiophene rings is 1. The van der Waals surface area contributed by atoms with Crippen LogP contribution in [0, 0.1) is 0 Å². The summed E-state index contributed by atoms with van der Waals surface area (Å²) in [5, 5.41) is 3.24. The van der Waals surface area contributed by atoms with E-state index in [2.05, 4.69) is 5.32 Å². The number of halogens is 3. The van der Waals surface area contributed by atoms with Gasteiger partial charge in [-0.1, -0.05) is 23.2 Å². The standard InChI is InChI=1S/C10H12Cl2N2OS.ClH/c1-6-5-13-2-3-14(6)10(15)7-4-8(11)16-9(7)12;/h4,6,13H,2-3,5H2,1H3;1H/t6-;/m1./s1. The van der Waals surface area contributed by atoms with Crippen LogP contribution in [-0.2, 0) is 0 Å². The molecule has 0 radical (unpaired) electrons. The molecule has 0 aromatic carbocycles. The Morgan fingerprint density at radius 2 is 2.29 bits per heavy atom. The minimum Gasteiger partial charge on any atom is -0.333 e. The predicted octanol–water partition coefficient (Wildman–Crippen LogP) is 2.91. The molecule has 0 saturated carbocycles. The third-order valence-electron chi connectivity index (χ3n) is 2.65. The summed E-state index contributed by atoms with van der Waals surface area (Å²) in [4.78, 5) is 14.0. The van der Waals surface area contributed by atoms with Crippen LogP contribution in [0.4, 0.5) is 0 Å². The van der Waals surface area contributed by atoms with Gasteiger partial charge in [0.2, 0.25) is 0 Å². The van der Waals surface area contributed by atoms with E-state index in [0.29, 0.717) is 20.8 Å². The van der Waals surface area contributed by atoms with Gasteiger partial charge in [0.05, 0.1) is 9.90 Å². The van der Waals surface area contributed by atoms with Crippen LogP contribution in [-0.4, -0.2) is 36.5 Å². The summed E-state index contributed by atoms with van der Waals surface area (Å²) >= 11 is 13.0. The van der Waals surface area contributed by atoms with Crippen molar-refractivity contribution in [1.82, 2.24) is 10.2 Å². The fraction of sp³-hybridized carbons (Fsp3) is 0.500. The first-order valence-electron chi connectivity index (χ1n) is 5.06. The molecule has 1 amide bonds. The van der Waals surface area contributed by atoms with E-state index in [9.17, 15) is 4.79 Å². The van der Waals surface area contributed by atoms with Crippen LogP contribution >= 0.6 is 46.9 Å². The Labute approximate surface area is 120 Å². The van der Waals surface area contributed by atoms with Crippen molar-refractivity contribution in [2.45, 2.75) is 13.0 Å². The lowest BCUT2D eigenvalue weighted by molar-refractivity contribution is 0.0656. The van der Waals surface area contributed by atoms with Gasteiger partial charge in [0.15, 0.2) is 0 Å². The van der Waals surface area contributed by atoms with Crippen LogP contribution in [0.5, 0.6) is 0 Å². The third kappa shape index (κ3) is 3.26. The third-order valence-corrected chi connectivity index (χ3v) is 4.14. The molecule has 2 rings (SSSR count). The number of nitrogens with zero attached hydrogens (tertiary/aromatic N) is 1. The van der Waals surface area contributed by atoms with Crippen LogP contribution in [0.1, 0.15) is 17.3 Å². The average Bonchev–Trinajstić information content (AvgIpc) is 2.58. The first-order valence-corrected chi connectivity index (χ1v) is 6.63. The summed E-state index contributed by atoms with van der Waals surface area (Å²) in [7, 11) is 0. The SMILES string of the molecule is C[C@@H]1CNCCN1C(=O)c1cc(Cl)sc1Cl.Cl. The molecule has 1 atom stereocenters. The number of piperazine rings is 1. The van der Waals surface area contributed by atoms with E-state index in [0.717, 1.165) is 13.1 Å². The van der Waals surface area contributed by atoms with Gasteiger partial charge < -0.3 is 10.2 Å². The average molecular weight is 316 g/mol. The van der Waals surface area contributed by atoms with Gasteiger partial charge in [-0.25, -0.2) is 0 Å². The van der Waals surface area contributed by atoms with Gasteiger partial charge in [-0.3, -0.25) is 4.79 Å². The molecule has 1 aliphatic rings. The fourth-order valence-corrected chi connectivity index (χ4v) is 3.23. The lowest BCUT2D eigenvalue weighted by atomic mass is 10.2. The second-order valence-corrected chi connectivity index (χ2v) is 6.08. The summed E-state index contributed by atoms with van der Waals surface area (Å²) in [5.41, 5.74) is 0.519. The number of amides is 1. The molecule has 0 unspecified atom stereocenters. The highest BCUT2D eigenvalue weighted by Gasteiger charge is 2.26. The van der Waals surface area contributed by atoms with Crippen molar-refractivity contribution in [3.63, 3.8) is 0 Å². The van der Waals surface area contributed by atoms with Crippen molar-refractivity contribution in [3.8, 4) is 0 Å². The van der Waals surface area contributed by atoms with Gasteiger partial charge in [0.1, 0.15) is 4.34 Å². The Bertz CT molecular complexity index is 410. The second kappa shape index (κ2) is 6.25. The van der Waals surface area contributed by atoms with E-state index in [4.69, 9.17) is 23.2 Å². The Balaban J connectivity index is 0.00000144. The zero-order valence-electron chi connectivity index (χ0n) is 9.20. The molecule has 1 aliphatic heterocycles. The number of carbonyl (C=O) groups is 1. The largest absolute Gasteiger partial charge is 0.333 e. The van der Waals surface area contributed by atoms with Crippen molar-refractivity contribution in [3.05, 3.63) is 20.3 Å². The van der Waals surface area contributed by atoms with Gasteiger partial charge in [-0.15, -0.1) is 23.7 Å². The van der Waals surface area contributed by atoms with E-state index in [1.165, 1.54) is 11.3 Å². The highest BCUT2D eigenvalue weighted by Crippen LogP contribution is 2.32. The highest BCUT2D eigenvalue weighted by atomic mass is 35.5. The monoisotopic (exact) mass is 314 g/mol. The van der Waals surface area contributed by atoms with E-state index >= 15 is 0 Å². The smallest absolute Gasteiger partial charge is 0.256 e. The van der Waals surface area contributed by atoms with E-state index in [1.807, 2.05) is 11.8 Å². The van der Waals surface area contributed by atoms with Gasteiger partial charge in [0, 0.05) is 25.7 Å². The number of carbonyl (C=O) groups excluding carboxylic acids is 1. The quantitative estimate of drug-likeness (QED) is 0.864. The van der Waals surface area contributed by atoms with E-state index < -0.39 is 0 Å². The molecule has 1 fully saturated rings. The van der Waals surface area contributed by atoms with Crippen molar-refractivity contribution < 1.29 is 4.79 Å². The zero-order chi connectivity index (χ0) is 11.7. The summed E-state index contributed by atoms with van der Waals surface area (Å²) in [6.45, 7) is 4.38. The molecule has 17 heavy (non-hydrogen) atoms. The molecule has 1 aromatic heterocycles. The normalized spacial score (nSPS) is 19.9. The summed E-state index contributed by atoms with van der Waals surface area (Å²) < 4.78 is 1.02. The summed E-state index contributed by atoms with van der Waals surface area (Å²) in [6.07, 6.45) is 0. The van der Waals surface area contributed by atoms with Crippen LogP contribution in [0.25, 0.3) is 0 Å². The second-order valence-electron chi connectivity index (χ2n) is 3.79. The fourth-order valence-electron chi connectivity index (χ4n) is 1.78. The number of nitrogens with one attached hydrogen (secondary N) is 1. The maximum Gasteiger partial charge on any atom is 0.256 e. The molecular formula is C10H13Cl3N2OS. The maximum atomic E-state index is 12.2. The molecule has 1 N–H and O–H groups in total. The lowest BCUT2D eigenvalue weighted by Gasteiger charge is -2.33. The molecular weight excluding hydrogens is 303 g/mol. The number of hydrogen-bond acceptors (Lipinski definition) is 3. The number of rotatable bonds is 1. The van der Waals surface area contributed by atoms with Gasteiger partial charge in [-0.05, 0) is 13.0 Å². The lowest BCUT2D eigenvalue weighted by Crippen LogP contribution is -2.52. The Kier molecular flexibility index (Phi) is 5.54. The van der Waals surface area contributed by atoms with Crippen molar-refractivity contribution in [1.29, 1.82) is 0 Å². The highest BCUT2D eigenvalue weighted by molar-refractivity contribution is 7.20. The van der Waals surface area contributed by atoms with Crippen molar-refractivity contribution >= 4 is 52.9 Å². The molecule has 96 valence electrons. The van der Waals surface area contributed by atoms with Crippen LogP contribution < -0.4 is 5.32 Å². The molecule has 0 aliphatic carbocycles. The van der Waals surface area contributed by atoms with Crippen LogP contribution in [0.2, 0.25) is 8.67 Å². The van der Waals surface area contributed by atoms with Gasteiger partial charge >= 0.3 is 0 Å². The molecule has 3 nitrogen and oxygen atoms in total. The van der Waals surface area contributed by atoms with Crippen LogP contribution in [0.3, 0.4) is 0 Å². The predicted molar refractivity (Wildman–Crippen MR) is 75.0 cm³/mol. The molecule has 2 heterocycles. The Morgan fingerprint density at radius 3 is 2.82 bits per heavy atom. The van der Waals surface area contributed by atoms with Crippen LogP contribution in [0.15, 0.2) is 6.07 Å². The maximum absolute atomic E-state index is 12.2. The summed E-state index contributed by atoms with van der Waals surface area (Å²) in [5.74, 6) is -0.0258. The molecule has 0 spiro atoms. The topological polar surface area (TPSA) is 32.3 Å². The van der Waals surface area contributed by atoms with E-state index in [1.54, 1.807) is 6.07 Å². The number of hydrogen-bond donors (Lipinski definition) is 1.